The van der Waals surface area contributed by atoms with E-state index < -0.39 is 35.4 Å². The van der Waals surface area contributed by atoms with Gasteiger partial charge in [-0.05, 0) is 67.9 Å². The molecule has 3 aliphatic rings. The number of nitrogens with one attached hydrogen (secondary N) is 3. The zero-order valence-corrected chi connectivity index (χ0v) is 42.7. The Hall–Kier alpha value is -6.64. The van der Waals surface area contributed by atoms with Crippen molar-refractivity contribution < 1.29 is 33.8 Å². The molecule has 2 unspecified atom stereocenters. The van der Waals surface area contributed by atoms with Crippen LogP contribution < -0.4 is 26.4 Å². The number of amides is 4. The summed E-state index contributed by atoms with van der Waals surface area (Å²) >= 11 is 1.57. The molecule has 1 saturated carbocycles. The van der Waals surface area contributed by atoms with Gasteiger partial charge in [-0.2, -0.15) is 4.98 Å². The van der Waals surface area contributed by atoms with E-state index in [2.05, 4.69) is 35.8 Å². The second kappa shape index (κ2) is 22.4. The van der Waals surface area contributed by atoms with Crippen molar-refractivity contribution in [1.29, 1.82) is 0 Å². The van der Waals surface area contributed by atoms with Gasteiger partial charge in [-0.1, -0.05) is 57.9 Å². The van der Waals surface area contributed by atoms with Crippen molar-refractivity contribution in [1.82, 2.24) is 44.9 Å². The molecule has 6 heterocycles. The van der Waals surface area contributed by atoms with Crippen LogP contribution in [0.4, 0.5) is 17.5 Å². The number of aromatic nitrogens is 5. The van der Waals surface area contributed by atoms with Crippen LogP contribution in [0.15, 0.2) is 59.1 Å². The highest BCUT2D eigenvalue weighted by Gasteiger charge is 2.44. The number of ether oxygens (including phenoxy) is 1. The summed E-state index contributed by atoms with van der Waals surface area (Å²) in [5.74, 6) is -0.745. The molecule has 72 heavy (non-hydrogen) atoms. The zero-order valence-electron chi connectivity index (χ0n) is 41.9. The van der Waals surface area contributed by atoms with Gasteiger partial charge < -0.3 is 40.5 Å². The fraction of sp³-hybridized carbons (Fsp3) is 0.500. The van der Waals surface area contributed by atoms with Crippen molar-refractivity contribution in [2.75, 3.05) is 56.2 Å². The Labute approximate surface area is 422 Å². The SMILES string of the molecule is CC(=O)c1c(C)c2cnc(Nc3ccc(N4CCN(C(=O)CCOCCC(=O)N[C@H](C(=O)N5CC(O)CC5C(=O)NCc5ccc(-c6scnc6C)cc5)C(C)(C)C)CC4)cn3)nc2n(C2CCCC2)c1=O. The summed E-state index contributed by atoms with van der Waals surface area (Å²) in [6, 6.07) is 9.72. The number of nitrogens with zero attached hydrogens (tertiary/aromatic N) is 8. The molecule has 1 aliphatic carbocycles. The highest BCUT2D eigenvalue weighted by atomic mass is 32.1. The molecule has 382 valence electrons. The maximum atomic E-state index is 14.0. The van der Waals surface area contributed by atoms with E-state index in [1.165, 1.54) is 11.8 Å². The Morgan fingerprint density at radius 3 is 2.29 bits per heavy atom. The van der Waals surface area contributed by atoms with Crippen LogP contribution in [0.3, 0.4) is 0 Å². The van der Waals surface area contributed by atoms with Gasteiger partial charge in [0.15, 0.2) is 5.78 Å². The van der Waals surface area contributed by atoms with Gasteiger partial charge in [0, 0.05) is 69.7 Å². The summed E-state index contributed by atoms with van der Waals surface area (Å²) < 4.78 is 7.40. The van der Waals surface area contributed by atoms with Crippen LogP contribution >= 0.6 is 11.3 Å². The second-order valence-corrected chi connectivity index (χ2v) is 20.9. The lowest BCUT2D eigenvalue weighted by atomic mass is 9.85. The van der Waals surface area contributed by atoms with Crippen LogP contribution in [0.25, 0.3) is 21.5 Å². The number of thiazole rings is 1. The number of likely N-dealkylation sites (tertiary alicyclic amines) is 1. The fourth-order valence-corrected chi connectivity index (χ4v) is 10.7. The topological polar surface area (TPSA) is 234 Å². The van der Waals surface area contributed by atoms with Crippen LogP contribution in [0.5, 0.6) is 0 Å². The highest BCUT2D eigenvalue weighted by molar-refractivity contribution is 7.13. The van der Waals surface area contributed by atoms with E-state index in [0.717, 1.165) is 53.1 Å². The van der Waals surface area contributed by atoms with Crippen LogP contribution in [0.1, 0.15) is 106 Å². The number of hydrogen-bond donors (Lipinski definition) is 4. The predicted octanol–water partition coefficient (Wildman–Crippen LogP) is 5.24. The van der Waals surface area contributed by atoms with Crippen molar-refractivity contribution >= 4 is 69.2 Å². The number of carbonyl (C=O) groups excluding carboxylic acids is 5. The molecule has 5 aromatic rings. The number of hydrogen-bond acceptors (Lipinski definition) is 15. The standard InChI is InChI=1S/C52H65N11O8S/c1-31-39-28-55-51(59-47(39)63(36-9-7-8-10-36)49(69)44(31)33(3)64)57-41-16-15-37(27-53-41)60-19-21-61(22-20-60)43(67)18-24-71-23-17-42(66)58-46(52(4,5)6)50(70)62-29-38(65)25-40(62)48(68)54-26-34-11-13-35(14-12-34)45-32(2)56-30-72-45/h11-16,27-28,30,36,38,40,46,65H,7-10,17-26,29H2,1-6H3,(H,54,68)(H,58,66)(H,53,55,57,59)/t38?,40?,46-/m1/s1. The first-order valence-electron chi connectivity index (χ1n) is 24.8. The molecule has 20 heteroatoms. The van der Waals surface area contributed by atoms with Gasteiger partial charge in [-0.25, -0.2) is 15.0 Å². The zero-order chi connectivity index (χ0) is 51.3. The Bertz CT molecular complexity index is 2850. The summed E-state index contributed by atoms with van der Waals surface area (Å²) in [4.78, 5) is 105. The molecular weight excluding hydrogens is 939 g/mol. The third kappa shape index (κ3) is 11.8. The molecule has 3 atom stereocenters. The smallest absolute Gasteiger partial charge is 0.263 e. The van der Waals surface area contributed by atoms with Crippen LogP contribution in [-0.4, -0.2) is 133 Å². The van der Waals surface area contributed by atoms with E-state index in [9.17, 15) is 33.9 Å². The molecule has 0 bridgehead atoms. The molecular formula is C52H65N11O8S. The van der Waals surface area contributed by atoms with Gasteiger partial charge >= 0.3 is 0 Å². The minimum absolute atomic E-state index is 0.0273. The number of benzene rings is 1. The van der Waals surface area contributed by atoms with Crippen molar-refractivity contribution in [3.8, 4) is 10.4 Å². The van der Waals surface area contributed by atoms with E-state index in [-0.39, 0.29) is 80.3 Å². The van der Waals surface area contributed by atoms with Crippen molar-refractivity contribution in [2.45, 2.75) is 117 Å². The molecule has 4 amide bonds. The quantitative estimate of drug-likeness (QED) is 0.0689. The average Bonchev–Trinajstić information content (AvgIpc) is 4.14. The van der Waals surface area contributed by atoms with E-state index in [0.29, 0.717) is 54.5 Å². The molecule has 2 saturated heterocycles. The first kappa shape index (κ1) is 51.7. The third-order valence-electron chi connectivity index (χ3n) is 13.9. The van der Waals surface area contributed by atoms with Crippen LogP contribution in [0.2, 0.25) is 0 Å². The molecule has 19 nitrogen and oxygen atoms in total. The fourth-order valence-electron chi connectivity index (χ4n) is 9.88. The minimum Gasteiger partial charge on any atom is -0.391 e. The number of aryl methyl sites for hydroxylation is 2. The molecule has 8 rings (SSSR count). The summed E-state index contributed by atoms with van der Waals surface area (Å²) in [5, 5.41) is 20.2. The number of aliphatic hydroxyl groups is 1. The number of fused-ring (bicyclic) bond motifs is 1. The number of Topliss-reactive ketones (excluding diaryl/α,β-unsaturated/α-hetero) is 1. The normalized spacial score (nSPS) is 17.8. The molecule has 0 radical (unpaired) electrons. The van der Waals surface area contributed by atoms with Crippen LogP contribution in [-0.2, 0) is 30.5 Å². The number of β-amino-alcohol motifs (C(OH)–C–C–N with tert-alkyl or cyclic N) is 1. The number of rotatable bonds is 17. The first-order chi connectivity index (χ1) is 34.5. The van der Waals surface area contributed by atoms with E-state index in [1.54, 1.807) is 40.1 Å². The maximum Gasteiger partial charge on any atom is 0.263 e. The van der Waals surface area contributed by atoms with E-state index in [4.69, 9.17) is 9.72 Å². The Morgan fingerprint density at radius 1 is 0.917 bits per heavy atom. The monoisotopic (exact) mass is 1000 g/mol. The first-order valence-corrected chi connectivity index (χ1v) is 25.7. The molecule has 4 N–H and O–H groups in total. The van der Waals surface area contributed by atoms with Crippen molar-refractivity contribution in [3.05, 3.63) is 87.0 Å². The lowest BCUT2D eigenvalue weighted by molar-refractivity contribution is -0.144. The predicted molar refractivity (Wildman–Crippen MR) is 274 cm³/mol. The van der Waals surface area contributed by atoms with Crippen molar-refractivity contribution in [2.24, 2.45) is 5.41 Å². The van der Waals surface area contributed by atoms with Gasteiger partial charge in [0.1, 0.15) is 23.5 Å². The van der Waals surface area contributed by atoms with Gasteiger partial charge in [0.25, 0.3) is 5.56 Å². The van der Waals surface area contributed by atoms with Gasteiger partial charge in [-0.15, -0.1) is 11.3 Å². The van der Waals surface area contributed by atoms with Gasteiger partial charge in [0.05, 0.1) is 59.3 Å². The van der Waals surface area contributed by atoms with Gasteiger partial charge in [-0.3, -0.25) is 33.3 Å². The number of ketones is 1. The third-order valence-corrected chi connectivity index (χ3v) is 14.9. The summed E-state index contributed by atoms with van der Waals surface area (Å²) in [6.45, 7) is 13.3. The molecule has 0 spiro atoms. The number of anilines is 3. The maximum absolute atomic E-state index is 14.0. The molecule has 2 aliphatic heterocycles. The Kier molecular flexibility index (Phi) is 16.1. The molecule has 3 fully saturated rings. The van der Waals surface area contributed by atoms with E-state index in [1.807, 2.05) is 69.6 Å². The van der Waals surface area contributed by atoms with E-state index >= 15 is 0 Å². The average molecular weight is 1000 g/mol. The highest BCUT2D eigenvalue weighted by Crippen LogP contribution is 2.33. The van der Waals surface area contributed by atoms with Gasteiger partial charge in [0.2, 0.25) is 29.6 Å². The Morgan fingerprint density at radius 2 is 1.64 bits per heavy atom. The summed E-state index contributed by atoms with van der Waals surface area (Å²) in [7, 11) is 0. The number of pyridine rings is 2. The lowest BCUT2D eigenvalue weighted by Crippen LogP contribution is -2.57. The molecule has 1 aromatic carbocycles. The largest absolute Gasteiger partial charge is 0.391 e. The number of aliphatic hydroxyl groups excluding tert-OH is 1. The van der Waals surface area contributed by atoms with Crippen LogP contribution in [0, 0.1) is 19.3 Å². The number of piperazine rings is 1. The summed E-state index contributed by atoms with van der Waals surface area (Å²) in [5.41, 5.74) is 5.84. The lowest BCUT2D eigenvalue weighted by Gasteiger charge is -2.36. The summed E-state index contributed by atoms with van der Waals surface area (Å²) in [6.07, 6.45) is 6.45. The van der Waals surface area contributed by atoms with Crippen molar-refractivity contribution in [3.63, 3.8) is 0 Å². The number of carbonyl (C=O) groups is 5. The Balaban J connectivity index is 0.761. The second-order valence-electron chi connectivity index (χ2n) is 20.1. The molecule has 4 aromatic heterocycles. The minimum atomic E-state index is -0.970.